The highest BCUT2D eigenvalue weighted by Gasteiger charge is 2.18. The molecule has 0 aliphatic rings. The highest BCUT2D eigenvalue weighted by molar-refractivity contribution is 5.82. The van der Waals surface area contributed by atoms with Crippen molar-refractivity contribution in [3.63, 3.8) is 0 Å². The van der Waals surface area contributed by atoms with E-state index in [1.807, 2.05) is 42.5 Å². The number of carbonyl (C=O) groups is 1. The SMILES string of the molecule is NC(=O)C(Cc1cccc(CO)c1)c1[c]cccc1. The van der Waals surface area contributed by atoms with Crippen molar-refractivity contribution >= 4 is 5.91 Å². The lowest BCUT2D eigenvalue weighted by molar-refractivity contribution is -0.119. The highest BCUT2D eigenvalue weighted by atomic mass is 16.3. The number of hydrogen-bond donors (Lipinski definition) is 2. The van der Waals surface area contributed by atoms with Crippen LogP contribution in [-0.4, -0.2) is 11.0 Å². The summed E-state index contributed by atoms with van der Waals surface area (Å²) in [7, 11) is 0. The van der Waals surface area contributed by atoms with Gasteiger partial charge in [0.2, 0.25) is 5.91 Å². The summed E-state index contributed by atoms with van der Waals surface area (Å²) >= 11 is 0. The number of aliphatic hydroxyl groups excluding tert-OH is 1. The molecule has 1 amide bonds. The third kappa shape index (κ3) is 3.42. The zero-order valence-corrected chi connectivity index (χ0v) is 10.5. The summed E-state index contributed by atoms with van der Waals surface area (Å²) in [6.45, 7) is -0.00740. The third-order valence-electron chi connectivity index (χ3n) is 3.07. The zero-order valence-electron chi connectivity index (χ0n) is 10.5. The molecule has 2 rings (SSSR count). The Bertz CT molecular complexity index is 552. The summed E-state index contributed by atoms with van der Waals surface area (Å²) < 4.78 is 0. The molecule has 3 nitrogen and oxygen atoms in total. The first-order valence-electron chi connectivity index (χ1n) is 6.15. The quantitative estimate of drug-likeness (QED) is 0.854. The van der Waals surface area contributed by atoms with Gasteiger partial charge in [0.05, 0.1) is 12.5 Å². The number of rotatable bonds is 5. The normalized spacial score (nSPS) is 12.1. The number of hydrogen-bond acceptors (Lipinski definition) is 2. The summed E-state index contributed by atoms with van der Waals surface area (Å²) in [5.41, 5.74) is 8.09. The maximum absolute atomic E-state index is 11.6. The molecule has 0 saturated carbocycles. The number of aliphatic hydroxyl groups is 1. The van der Waals surface area contributed by atoms with Crippen molar-refractivity contribution in [1.82, 2.24) is 0 Å². The van der Waals surface area contributed by atoms with Gasteiger partial charge < -0.3 is 10.8 Å². The Labute approximate surface area is 112 Å². The number of nitrogens with two attached hydrogens (primary N) is 1. The molecule has 0 fully saturated rings. The molecule has 0 spiro atoms. The van der Waals surface area contributed by atoms with Crippen LogP contribution in [0.3, 0.4) is 0 Å². The summed E-state index contributed by atoms with van der Waals surface area (Å²) in [5, 5.41) is 9.12. The standard InChI is InChI=1S/C16H16NO2/c17-16(19)15(14-7-2-1-3-8-14)10-12-5-4-6-13(9-12)11-18/h1-7,9,15,18H,10-11H2,(H2,17,19). The van der Waals surface area contributed by atoms with Crippen LogP contribution >= 0.6 is 0 Å². The first kappa shape index (κ1) is 13.3. The average Bonchev–Trinajstić information content (AvgIpc) is 2.45. The maximum Gasteiger partial charge on any atom is 0.225 e. The van der Waals surface area contributed by atoms with Crippen LogP contribution in [0.5, 0.6) is 0 Å². The van der Waals surface area contributed by atoms with E-state index in [1.165, 1.54) is 0 Å². The largest absolute Gasteiger partial charge is 0.392 e. The Kier molecular flexibility index (Phi) is 4.31. The summed E-state index contributed by atoms with van der Waals surface area (Å²) in [4.78, 5) is 11.6. The Hall–Kier alpha value is -2.13. The lowest BCUT2D eigenvalue weighted by atomic mass is 9.91. The Morgan fingerprint density at radius 2 is 2.00 bits per heavy atom. The van der Waals surface area contributed by atoms with Crippen LogP contribution in [0.15, 0.2) is 48.5 Å². The van der Waals surface area contributed by atoms with E-state index in [1.54, 1.807) is 6.07 Å². The number of carbonyl (C=O) groups excluding carboxylic acids is 1. The van der Waals surface area contributed by atoms with Gasteiger partial charge >= 0.3 is 0 Å². The smallest absolute Gasteiger partial charge is 0.225 e. The Morgan fingerprint density at radius 3 is 2.63 bits per heavy atom. The number of benzene rings is 2. The Balaban J connectivity index is 2.24. The molecule has 0 saturated heterocycles. The van der Waals surface area contributed by atoms with E-state index in [4.69, 9.17) is 10.8 Å². The van der Waals surface area contributed by atoms with Gasteiger partial charge in [-0.1, -0.05) is 48.5 Å². The highest BCUT2D eigenvalue weighted by Crippen LogP contribution is 2.20. The first-order valence-corrected chi connectivity index (χ1v) is 6.15. The van der Waals surface area contributed by atoms with Gasteiger partial charge in [-0.25, -0.2) is 0 Å². The fourth-order valence-electron chi connectivity index (χ4n) is 2.08. The van der Waals surface area contributed by atoms with Gasteiger partial charge in [-0.05, 0) is 29.2 Å². The van der Waals surface area contributed by atoms with E-state index in [2.05, 4.69) is 6.07 Å². The molecular weight excluding hydrogens is 238 g/mol. The molecule has 97 valence electrons. The molecule has 19 heavy (non-hydrogen) atoms. The fraction of sp³-hybridized carbons (Fsp3) is 0.188. The molecular formula is C16H16NO2. The van der Waals surface area contributed by atoms with Crippen LogP contribution in [0.1, 0.15) is 22.6 Å². The van der Waals surface area contributed by atoms with Gasteiger partial charge in [0.25, 0.3) is 0 Å². The monoisotopic (exact) mass is 254 g/mol. The number of primary amides is 1. The van der Waals surface area contributed by atoms with Crippen LogP contribution in [0.25, 0.3) is 0 Å². The van der Waals surface area contributed by atoms with Crippen molar-refractivity contribution in [1.29, 1.82) is 0 Å². The predicted molar refractivity (Wildman–Crippen MR) is 73.3 cm³/mol. The molecule has 0 heterocycles. The van der Waals surface area contributed by atoms with E-state index in [0.29, 0.717) is 6.42 Å². The summed E-state index contributed by atoms with van der Waals surface area (Å²) in [6.07, 6.45) is 0.518. The predicted octanol–water partition coefficient (Wildman–Crippen LogP) is 1.79. The maximum atomic E-state index is 11.6. The van der Waals surface area contributed by atoms with E-state index < -0.39 is 5.92 Å². The summed E-state index contributed by atoms with van der Waals surface area (Å²) in [5.74, 6) is -0.757. The van der Waals surface area contributed by atoms with Crippen molar-refractivity contribution in [3.8, 4) is 0 Å². The minimum atomic E-state index is -0.393. The van der Waals surface area contributed by atoms with Gasteiger partial charge in [-0.2, -0.15) is 0 Å². The topological polar surface area (TPSA) is 63.3 Å². The van der Waals surface area contributed by atoms with Gasteiger partial charge in [-0.3, -0.25) is 4.79 Å². The molecule has 1 unspecified atom stereocenters. The molecule has 0 aliphatic heterocycles. The van der Waals surface area contributed by atoms with Crippen LogP contribution in [-0.2, 0) is 17.8 Å². The van der Waals surface area contributed by atoms with E-state index in [9.17, 15) is 4.79 Å². The average molecular weight is 254 g/mol. The molecule has 0 bridgehead atoms. The van der Waals surface area contributed by atoms with E-state index in [-0.39, 0.29) is 12.5 Å². The first-order chi connectivity index (χ1) is 9.20. The minimum absolute atomic E-state index is 0.00740. The summed E-state index contributed by atoms with van der Waals surface area (Å²) in [6, 6.07) is 17.9. The molecule has 3 heteroatoms. The molecule has 3 N–H and O–H groups in total. The van der Waals surface area contributed by atoms with Crippen LogP contribution in [0.2, 0.25) is 0 Å². The molecule has 0 aliphatic carbocycles. The molecule has 1 radical (unpaired) electrons. The molecule has 2 aromatic carbocycles. The minimum Gasteiger partial charge on any atom is -0.392 e. The number of amides is 1. The van der Waals surface area contributed by atoms with Crippen molar-refractivity contribution in [2.24, 2.45) is 5.73 Å². The van der Waals surface area contributed by atoms with Gasteiger partial charge in [0.15, 0.2) is 0 Å². The van der Waals surface area contributed by atoms with Gasteiger partial charge in [0.1, 0.15) is 0 Å². The molecule has 0 aromatic heterocycles. The third-order valence-corrected chi connectivity index (χ3v) is 3.07. The lowest BCUT2D eigenvalue weighted by Gasteiger charge is -2.14. The van der Waals surface area contributed by atoms with Gasteiger partial charge in [0, 0.05) is 0 Å². The molecule has 1 atom stereocenters. The van der Waals surface area contributed by atoms with Gasteiger partial charge in [-0.15, -0.1) is 0 Å². The fourth-order valence-corrected chi connectivity index (χ4v) is 2.08. The Morgan fingerprint density at radius 1 is 1.21 bits per heavy atom. The lowest BCUT2D eigenvalue weighted by Crippen LogP contribution is -2.23. The second-order valence-electron chi connectivity index (χ2n) is 4.46. The van der Waals surface area contributed by atoms with Crippen molar-refractivity contribution in [2.45, 2.75) is 18.9 Å². The zero-order chi connectivity index (χ0) is 13.7. The van der Waals surface area contributed by atoms with Crippen molar-refractivity contribution in [2.75, 3.05) is 0 Å². The van der Waals surface area contributed by atoms with Crippen molar-refractivity contribution < 1.29 is 9.90 Å². The van der Waals surface area contributed by atoms with Crippen LogP contribution in [0, 0.1) is 6.07 Å². The van der Waals surface area contributed by atoms with E-state index >= 15 is 0 Å². The van der Waals surface area contributed by atoms with Crippen LogP contribution in [0.4, 0.5) is 0 Å². The van der Waals surface area contributed by atoms with Crippen molar-refractivity contribution in [3.05, 3.63) is 71.3 Å². The second kappa shape index (κ2) is 6.16. The van der Waals surface area contributed by atoms with Crippen LogP contribution < -0.4 is 5.73 Å². The second-order valence-corrected chi connectivity index (χ2v) is 4.46. The van der Waals surface area contributed by atoms with E-state index in [0.717, 1.165) is 16.7 Å². The molecule has 2 aromatic rings.